The van der Waals surface area contributed by atoms with Crippen molar-refractivity contribution in [1.29, 1.82) is 5.41 Å². The van der Waals surface area contributed by atoms with Crippen LogP contribution >= 0.6 is 0 Å². The van der Waals surface area contributed by atoms with E-state index in [0.29, 0.717) is 30.9 Å². The van der Waals surface area contributed by atoms with Crippen molar-refractivity contribution in [3.8, 4) is 0 Å². The van der Waals surface area contributed by atoms with Crippen LogP contribution in [0.3, 0.4) is 0 Å². The third-order valence-electron chi connectivity index (χ3n) is 9.62. The molecule has 0 aromatic heterocycles. The monoisotopic (exact) mass is 432 g/mol. The number of guanidine groups is 1. The molecular formula is C23H40N6O2. The second-order valence-electron chi connectivity index (χ2n) is 10.8. The van der Waals surface area contributed by atoms with Gasteiger partial charge in [0.05, 0.1) is 5.60 Å². The maximum Gasteiger partial charge on any atom is 0.206 e. The zero-order valence-electron chi connectivity index (χ0n) is 19.1. The first-order chi connectivity index (χ1) is 14.7. The fraction of sp³-hybridized carbons (Fsp3) is 0.870. The molecule has 0 aromatic carbocycles. The van der Waals surface area contributed by atoms with Gasteiger partial charge in [-0.15, -0.1) is 0 Å². The number of nitrogens with zero attached hydrogens (tertiary/aromatic N) is 2. The van der Waals surface area contributed by atoms with Crippen molar-refractivity contribution in [2.75, 3.05) is 13.2 Å². The van der Waals surface area contributed by atoms with E-state index >= 15 is 0 Å². The van der Waals surface area contributed by atoms with E-state index in [2.05, 4.69) is 29.5 Å². The van der Waals surface area contributed by atoms with Gasteiger partial charge in [-0.2, -0.15) is 5.10 Å². The van der Waals surface area contributed by atoms with Crippen LogP contribution in [0.25, 0.3) is 0 Å². The number of aliphatic hydroxyl groups is 1. The number of rotatable bonds is 5. The highest BCUT2D eigenvalue weighted by atomic mass is 16.6. The Labute approximate surface area is 185 Å². The third kappa shape index (κ3) is 3.65. The Morgan fingerprint density at radius 3 is 2.77 bits per heavy atom. The molecule has 0 amide bonds. The number of nitrogens with two attached hydrogens (primary N) is 2. The van der Waals surface area contributed by atoms with E-state index < -0.39 is 5.60 Å². The van der Waals surface area contributed by atoms with Gasteiger partial charge < -0.3 is 21.4 Å². The van der Waals surface area contributed by atoms with Gasteiger partial charge in [-0.3, -0.25) is 5.41 Å². The summed E-state index contributed by atoms with van der Waals surface area (Å²) in [5, 5.41) is 28.0. The smallest absolute Gasteiger partial charge is 0.206 e. The fourth-order valence-electron chi connectivity index (χ4n) is 7.77. The number of hydrogen-bond donors (Lipinski definition) is 5. The van der Waals surface area contributed by atoms with Crippen LogP contribution in [-0.4, -0.2) is 41.7 Å². The lowest BCUT2D eigenvalue weighted by Crippen LogP contribution is -2.62. The summed E-state index contributed by atoms with van der Waals surface area (Å²) in [4.78, 5) is 5.27. The molecule has 7 atom stereocenters. The molecule has 0 bridgehead atoms. The van der Waals surface area contributed by atoms with Gasteiger partial charge in [0, 0.05) is 29.8 Å². The van der Waals surface area contributed by atoms with Gasteiger partial charge in [-0.05, 0) is 81.0 Å². The Morgan fingerprint density at radius 2 is 2.03 bits per heavy atom. The summed E-state index contributed by atoms with van der Waals surface area (Å²) >= 11 is 0. The van der Waals surface area contributed by atoms with Crippen LogP contribution in [0.15, 0.2) is 10.3 Å². The third-order valence-corrected chi connectivity index (χ3v) is 9.62. The van der Waals surface area contributed by atoms with E-state index in [9.17, 15) is 5.11 Å². The Morgan fingerprint density at radius 1 is 1.23 bits per heavy atom. The number of hydrogen-bond acceptors (Lipinski definition) is 6. The lowest BCUT2D eigenvalue weighted by molar-refractivity contribution is -0.198. The normalized spacial score (nSPS) is 45.7. The molecule has 2 unspecified atom stereocenters. The van der Waals surface area contributed by atoms with Crippen molar-refractivity contribution in [3.05, 3.63) is 0 Å². The average Bonchev–Trinajstić information content (AvgIpc) is 3.00. The van der Waals surface area contributed by atoms with Crippen LogP contribution in [0.4, 0.5) is 0 Å². The minimum absolute atomic E-state index is 0.105. The largest absolute Gasteiger partial charge is 0.395 e. The van der Waals surface area contributed by atoms with Gasteiger partial charge in [0.25, 0.3) is 0 Å². The van der Waals surface area contributed by atoms with Crippen LogP contribution < -0.4 is 16.9 Å². The summed E-state index contributed by atoms with van der Waals surface area (Å²) in [6.45, 7) is 5.64. The zero-order chi connectivity index (χ0) is 22.3. The summed E-state index contributed by atoms with van der Waals surface area (Å²) < 4.78 is 0. The maximum atomic E-state index is 12.1. The van der Waals surface area contributed by atoms with E-state index in [1.54, 1.807) is 0 Å². The maximum absolute atomic E-state index is 12.1. The predicted octanol–water partition coefficient (Wildman–Crippen LogP) is 2.56. The van der Waals surface area contributed by atoms with Crippen LogP contribution in [0.1, 0.15) is 71.6 Å². The molecule has 0 aromatic rings. The van der Waals surface area contributed by atoms with Crippen molar-refractivity contribution < 1.29 is 9.94 Å². The molecule has 174 valence electrons. The Bertz CT molecular complexity index is 756. The quantitative estimate of drug-likeness (QED) is 0.196. The van der Waals surface area contributed by atoms with Gasteiger partial charge in [0.15, 0.2) is 0 Å². The second-order valence-corrected chi connectivity index (χ2v) is 10.8. The minimum atomic E-state index is -0.626. The highest BCUT2D eigenvalue weighted by Gasteiger charge is 2.66. The average molecular weight is 433 g/mol. The standard InChI is InChI=1S/C23H40N6O2/c1-21-8-6-17(28-29-20(25)26)13-15(21)3-4-19-18(21)7-9-22(2)16(5-10-23(19,22)30)14-27-31-12-11-24/h14-16,18-19,30H,3-13,24H2,1-2H3,(H4,25,26,29)/t15?,16?,18-,19-,21+,22-,23-/m1/s1. The molecule has 4 saturated carbocycles. The molecule has 0 radical (unpaired) electrons. The molecule has 0 saturated heterocycles. The fourth-order valence-corrected chi connectivity index (χ4v) is 7.77. The number of oxime groups is 1. The SMILES string of the molecule is C[C@]12CCC(=NNC(=N)N)CC1CC[C@@H]1[C@H]2CC[C@]2(C)C(C=NOCCN)CC[C@@]12O. The van der Waals surface area contributed by atoms with E-state index in [-0.39, 0.29) is 22.7 Å². The van der Waals surface area contributed by atoms with Crippen molar-refractivity contribution in [2.24, 2.45) is 56.2 Å². The van der Waals surface area contributed by atoms with E-state index in [1.165, 1.54) is 6.42 Å². The van der Waals surface area contributed by atoms with Crippen LogP contribution in [0, 0.1) is 39.9 Å². The van der Waals surface area contributed by atoms with Gasteiger partial charge in [0.2, 0.25) is 5.96 Å². The summed E-state index contributed by atoms with van der Waals surface area (Å²) in [5.41, 5.74) is 14.1. The summed E-state index contributed by atoms with van der Waals surface area (Å²) in [6, 6.07) is 0. The van der Waals surface area contributed by atoms with Crippen molar-refractivity contribution in [2.45, 2.75) is 77.2 Å². The second kappa shape index (κ2) is 8.35. The lowest BCUT2D eigenvalue weighted by atomic mass is 9.43. The molecule has 8 heteroatoms. The van der Waals surface area contributed by atoms with Crippen LogP contribution in [-0.2, 0) is 4.84 Å². The van der Waals surface area contributed by atoms with Crippen molar-refractivity contribution in [3.63, 3.8) is 0 Å². The zero-order valence-corrected chi connectivity index (χ0v) is 19.1. The molecule has 0 spiro atoms. The van der Waals surface area contributed by atoms with Gasteiger partial charge >= 0.3 is 0 Å². The topological polar surface area (TPSA) is 142 Å². The highest BCUT2D eigenvalue weighted by molar-refractivity contribution is 5.87. The molecule has 4 aliphatic rings. The molecule has 7 N–H and O–H groups in total. The molecule has 8 nitrogen and oxygen atoms in total. The Hall–Kier alpha value is -1.67. The van der Waals surface area contributed by atoms with Gasteiger partial charge in [-0.25, -0.2) is 5.43 Å². The summed E-state index contributed by atoms with van der Waals surface area (Å²) in [7, 11) is 0. The molecule has 0 aliphatic heterocycles. The first-order valence-corrected chi connectivity index (χ1v) is 12.0. The van der Waals surface area contributed by atoms with Crippen LogP contribution in [0.2, 0.25) is 0 Å². The molecule has 31 heavy (non-hydrogen) atoms. The van der Waals surface area contributed by atoms with Gasteiger partial charge in [-0.1, -0.05) is 19.0 Å². The number of nitrogens with one attached hydrogen (secondary N) is 2. The van der Waals surface area contributed by atoms with Crippen molar-refractivity contribution >= 4 is 17.9 Å². The molecule has 0 heterocycles. The minimum Gasteiger partial charge on any atom is -0.395 e. The lowest BCUT2D eigenvalue weighted by Gasteiger charge is -2.63. The molecule has 4 rings (SSSR count). The molecular weight excluding hydrogens is 392 g/mol. The Kier molecular flexibility index (Phi) is 6.07. The van der Waals surface area contributed by atoms with E-state index in [4.69, 9.17) is 21.7 Å². The molecule has 4 aliphatic carbocycles. The first kappa shape index (κ1) is 22.5. The van der Waals surface area contributed by atoms with Gasteiger partial charge in [0.1, 0.15) is 6.61 Å². The van der Waals surface area contributed by atoms with E-state index in [0.717, 1.165) is 57.1 Å². The number of hydrazone groups is 1. The number of fused-ring (bicyclic) bond motifs is 5. The highest BCUT2D eigenvalue weighted by Crippen LogP contribution is 2.68. The summed E-state index contributed by atoms with van der Waals surface area (Å²) in [5.74, 6) is 1.64. The predicted molar refractivity (Wildman–Crippen MR) is 123 cm³/mol. The molecule has 4 fully saturated rings. The first-order valence-electron chi connectivity index (χ1n) is 12.0. The van der Waals surface area contributed by atoms with Crippen LogP contribution in [0.5, 0.6) is 0 Å². The summed E-state index contributed by atoms with van der Waals surface area (Å²) in [6.07, 6.45) is 11.2. The van der Waals surface area contributed by atoms with E-state index in [1.807, 2.05) is 6.21 Å². The van der Waals surface area contributed by atoms with Crippen molar-refractivity contribution in [1.82, 2.24) is 5.43 Å². The Balaban J connectivity index is 1.51.